The number of carbonyl (C=O) groups is 1. The summed E-state index contributed by atoms with van der Waals surface area (Å²) in [5, 5.41) is 0. The lowest BCUT2D eigenvalue weighted by Gasteiger charge is -2.22. The van der Waals surface area contributed by atoms with Crippen molar-refractivity contribution in [3.63, 3.8) is 0 Å². The second-order valence-electron chi connectivity index (χ2n) is 4.64. The maximum Gasteiger partial charge on any atom is 0.235 e. The number of carbonyl (C=O) groups excluding carboxylic acids is 1. The van der Waals surface area contributed by atoms with Crippen LogP contribution in [-0.4, -0.2) is 17.8 Å². The molecule has 1 aromatic carbocycles. The zero-order valence-electron chi connectivity index (χ0n) is 13.0. The van der Waals surface area contributed by atoms with E-state index in [1.165, 1.54) is 5.56 Å². The normalized spacial score (nSPS) is 10.3. The SMILES string of the molecule is CC.COc1ccc(CSC(C)(C)CC(=O)NN)cc1. The first-order valence-electron chi connectivity index (χ1n) is 6.73. The van der Waals surface area contributed by atoms with Crippen LogP contribution in [0.2, 0.25) is 0 Å². The van der Waals surface area contributed by atoms with Crippen LogP contribution in [0.25, 0.3) is 0 Å². The van der Waals surface area contributed by atoms with Crippen LogP contribution in [0.15, 0.2) is 24.3 Å². The summed E-state index contributed by atoms with van der Waals surface area (Å²) in [5.41, 5.74) is 3.38. The molecule has 4 nitrogen and oxygen atoms in total. The van der Waals surface area contributed by atoms with E-state index in [0.29, 0.717) is 6.42 Å². The molecule has 0 bridgehead atoms. The van der Waals surface area contributed by atoms with Crippen LogP contribution in [0.3, 0.4) is 0 Å². The van der Waals surface area contributed by atoms with Gasteiger partial charge in [-0.05, 0) is 17.7 Å². The van der Waals surface area contributed by atoms with E-state index in [-0.39, 0.29) is 10.7 Å². The van der Waals surface area contributed by atoms with Gasteiger partial charge in [0.2, 0.25) is 5.91 Å². The number of nitrogens with two attached hydrogens (primary N) is 1. The van der Waals surface area contributed by atoms with E-state index in [1.807, 2.05) is 52.0 Å². The number of thioether (sulfide) groups is 1. The molecule has 1 amide bonds. The van der Waals surface area contributed by atoms with E-state index in [4.69, 9.17) is 10.6 Å². The molecule has 0 aliphatic rings. The highest BCUT2D eigenvalue weighted by molar-refractivity contribution is 7.99. The summed E-state index contributed by atoms with van der Waals surface area (Å²) in [6.45, 7) is 8.08. The Hall–Kier alpha value is -1.20. The maximum absolute atomic E-state index is 11.3. The molecule has 0 saturated carbocycles. The van der Waals surface area contributed by atoms with Crippen molar-refractivity contribution in [3.05, 3.63) is 29.8 Å². The maximum atomic E-state index is 11.3. The third-order valence-electron chi connectivity index (χ3n) is 2.54. The third-order valence-corrected chi connectivity index (χ3v) is 3.94. The molecule has 3 N–H and O–H groups in total. The Kier molecular flexibility index (Phi) is 9.08. The van der Waals surface area contributed by atoms with Gasteiger partial charge in [-0.3, -0.25) is 10.2 Å². The molecule has 0 saturated heterocycles. The van der Waals surface area contributed by atoms with Gasteiger partial charge in [-0.1, -0.05) is 39.8 Å². The third kappa shape index (κ3) is 7.40. The molecule has 0 spiro atoms. The number of hydrogen-bond acceptors (Lipinski definition) is 4. The summed E-state index contributed by atoms with van der Waals surface area (Å²) in [4.78, 5) is 11.3. The fourth-order valence-corrected chi connectivity index (χ4v) is 2.47. The molecule has 0 heterocycles. The Balaban J connectivity index is 0.00000172. The monoisotopic (exact) mass is 298 g/mol. The van der Waals surface area contributed by atoms with Crippen LogP contribution in [0.5, 0.6) is 5.75 Å². The van der Waals surface area contributed by atoms with Gasteiger partial charge in [0.25, 0.3) is 0 Å². The number of methoxy groups -OCH3 is 1. The van der Waals surface area contributed by atoms with Crippen LogP contribution in [0, 0.1) is 0 Å². The Morgan fingerprint density at radius 1 is 1.30 bits per heavy atom. The number of hydrogen-bond donors (Lipinski definition) is 2. The van der Waals surface area contributed by atoms with Crippen molar-refractivity contribution in [2.24, 2.45) is 5.84 Å². The van der Waals surface area contributed by atoms with E-state index in [0.717, 1.165) is 11.5 Å². The molecule has 0 unspecified atom stereocenters. The van der Waals surface area contributed by atoms with E-state index in [1.54, 1.807) is 18.9 Å². The first kappa shape index (κ1) is 18.8. The average Bonchev–Trinajstić information content (AvgIpc) is 2.47. The molecule has 0 aliphatic heterocycles. The van der Waals surface area contributed by atoms with Gasteiger partial charge in [-0.15, -0.1) is 0 Å². The van der Waals surface area contributed by atoms with E-state index in [2.05, 4.69) is 5.43 Å². The van der Waals surface area contributed by atoms with E-state index >= 15 is 0 Å². The summed E-state index contributed by atoms with van der Waals surface area (Å²) in [5.74, 6) is 6.67. The number of hydrazine groups is 1. The summed E-state index contributed by atoms with van der Waals surface area (Å²) < 4.78 is 4.97. The molecule has 5 heteroatoms. The molecule has 1 aromatic rings. The van der Waals surface area contributed by atoms with Gasteiger partial charge < -0.3 is 4.74 Å². The van der Waals surface area contributed by atoms with Crippen molar-refractivity contribution in [2.45, 2.75) is 44.6 Å². The molecule has 0 aromatic heterocycles. The fourth-order valence-electron chi connectivity index (χ4n) is 1.49. The molecular formula is C15H26N2O2S. The van der Waals surface area contributed by atoms with Gasteiger partial charge in [0.15, 0.2) is 0 Å². The predicted molar refractivity (Wildman–Crippen MR) is 86.7 cm³/mol. The van der Waals surface area contributed by atoms with E-state index in [9.17, 15) is 4.79 Å². The van der Waals surface area contributed by atoms with Crippen LogP contribution < -0.4 is 16.0 Å². The summed E-state index contributed by atoms with van der Waals surface area (Å²) in [7, 11) is 1.65. The number of benzene rings is 1. The van der Waals surface area contributed by atoms with Crippen molar-refractivity contribution in [2.75, 3.05) is 7.11 Å². The zero-order valence-corrected chi connectivity index (χ0v) is 13.8. The van der Waals surface area contributed by atoms with Crippen molar-refractivity contribution in [1.82, 2.24) is 5.43 Å². The highest BCUT2D eigenvalue weighted by atomic mass is 32.2. The highest BCUT2D eigenvalue weighted by Crippen LogP contribution is 2.31. The number of amides is 1. The Morgan fingerprint density at radius 2 is 1.85 bits per heavy atom. The van der Waals surface area contributed by atoms with Crippen molar-refractivity contribution < 1.29 is 9.53 Å². The van der Waals surface area contributed by atoms with Gasteiger partial charge in [0, 0.05) is 16.9 Å². The van der Waals surface area contributed by atoms with Crippen LogP contribution in [-0.2, 0) is 10.5 Å². The molecule has 20 heavy (non-hydrogen) atoms. The lowest BCUT2D eigenvalue weighted by molar-refractivity contribution is -0.121. The second-order valence-corrected chi connectivity index (χ2v) is 6.32. The summed E-state index contributed by atoms with van der Waals surface area (Å²) in [6, 6.07) is 7.95. The van der Waals surface area contributed by atoms with Crippen molar-refractivity contribution in [1.29, 1.82) is 0 Å². The minimum atomic E-state index is -0.137. The highest BCUT2D eigenvalue weighted by Gasteiger charge is 2.22. The van der Waals surface area contributed by atoms with Gasteiger partial charge in [0.05, 0.1) is 7.11 Å². The second kappa shape index (κ2) is 9.66. The predicted octanol–water partition coefficient (Wildman–Crippen LogP) is 3.11. The molecule has 0 aliphatic carbocycles. The Labute approximate surface area is 126 Å². The van der Waals surface area contributed by atoms with Gasteiger partial charge in [-0.25, -0.2) is 5.84 Å². The van der Waals surface area contributed by atoms with Gasteiger partial charge in [-0.2, -0.15) is 11.8 Å². The quantitative estimate of drug-likeness (QED) is 0.481. The molecule has 1 rings (SSSR count). The van der Waals surface area contributed by atoms with Crippen LogP contribution >= 0.6 is 11.8 Å². The minimum Gasteiger partial charge on any atom is -0.497 e. The number of ether oxygens (including phenoxy) is 1. The lowest BCUT2D eigenvalue weighted by atomic mass is 10.1. The van der Waals surface area contributed by atoms with Crippen molar-refractivity contribution >= 4 is 17.7 Å². The van der Waals surface area contributed by atoms with Crippen molar-refractivity contribution in [3.8, 4) is 5.75 Å². The topological polar surface area (TPSA) is 64.3 Å². The standard InChI is InChI=1S/C13H20N2O2S.C2H6/c1-13(2,8-12(16)15-14)18-9-10-4-6-11(17-3)7-5-10;1-2/h4-7H,8-9,14H2,1-3H3,(H,15,16);1-2H3. The zero-order chi connectivity index (χ0) is 15.6. The largest absolute Gasteiger partial charge is 0.497 e. The summed E-state index contributed by atoms with van der Waals surface area (Å²) >= 11 is 1.73. The van der Waals surface area contributed by atoms with Gasteiger partial charge in [0.1, 0.15) is 5.75 Å². The average molecular weight is 298 g/mol. The van der Waals surface area contributed by atoms with E-state index < -0.39 is 0 Å². The van der Waals surface area contributed by atoms with Crippen LogP contribution in [0.4, 0.5) is 0 Å². The van der Waals surface area contributed by atoms with Gasteiger partial charge >= 0.3 is 0 Å². The molecule has 0 fully saturated rings. The smallest absolute Gasteiger partial charge is 0.235 e. The Morgan fingerprint density at radius 3 is 2.30 bits per heavy atom. The fraction of sp³-hybridized carbons (Fsp3) is 0.533. The summed E-state index contributed by atoms with van der Waals surface area (Å²) in [6.07, 6.45) is 0.407. The first-order valence-corrected chi connectivity index (χ1v) is 7.72. The van der Waals surface area contributed by atoms with Crippen LogP contribution in [0.1, 0.15) is 39.7 Å². The number of nitrogens with one attached hydrogen (secondary N) is 1. The molecule has 0 atom stereocenters. The number of rotatable bonds is 6. The molecule has 0 radical (unpaired) electrons. The Bertz CT molecular complexity index is 391. The molecular weight excluding hydrogens is 272 g/mol. The lowest BCUT2D eigenvalue weighted by Crippen LogP contribution is -2.35. The molecule has 114 valence electrons. The first-order chi connectivity index (χ1) is 9.46. The minimum absolute atomic E-state index is 0.136.